The predicted octanol–water partition coefficient (Wildman–Crippen LogP) is 1.65. The first kappa shape index (κ1) is 13.0. The zero-order valence-electron chi connectivity index (χ0n) is 10.2. The number of likely N-dealkylation sites (N-methyl/N-ethyl adjacent to an activating group) is 1. The van der Waals surface area contributed by atoms with Crippen LogP contribution in [0.25, 0.3) is 0 Å². The summed E-state index contributed by atoms with van der Waals surface area (Å²) in [5, 5.41) is 8.98. The minimum Gasteiger partial charge on any atom is -0.398 e. The molecule has 0 atom stereocenters. The molecule has 0 amide bonds. The summed E-state index contributed by atoms with van der Waals surface area (Å²) in [6, 6.07) is 5.82. The summed E-state index contributed by atoms with van der Waals surface area (Å²) >= 11 is 0. The minimum absolute atomic E-state index is 0.0561. The Bertz CT molecular complexity index is 322. The van der Waals surface area contributed by atoms with Gasteiger partial charge in [0.05, 0.1) is 6.61 Å². The largest absolute Gasteiger partial charge is 0.398 e. The van der Waals surface area contributed by atoms with Gasteiger partial charge in [0.15, 0.2) is 0 Å². The highest BCUT2D eigenvalue weighted by molar-refractivity contribution is 5.49. The van der Waals surface area contributed by atoms with Crippen LogP contribution in [0, 0.1) is 0 Å². The lowest BCUT2D eigenvalue weighted by molar-refractivity contribution is 0.282. The maximum Gasteiger partial charge on any atom is 0.0682 e. The van der Waals surface area contributed by atoms with Crippen LogP contribution in [0.15, 0.2) is 18.2 Å². The van der Waals surface area contributed by atoms with Gasteiger partial charge in [-0.25, -0.2) is 0 Å². The molecule has 16 heavy (non-hydrogen) atoms. The Hall–Kier alpha value is -1.06. The number of hydrogen-bond acceptors (Lipinski definition) is 3. The fraction of sp³-hybridized carbons (Fsp3) is 0.538. The molecule has 0 bridgehead atoms. The SMILES string of the molecule is CCN(CC)CCc1ccc(CO)cc1N. The fourth-order valence-electron chi connectivity index (χ4n) is 1.79. The van der Waals surface area contributed by atoms with E-state index < -0.39 is 0 Å². The molecule has 3 heteroatoms. The maximum atomic E-state index is 8.98. The molecule has 0 aliphatic heterocycles. The Labute approximate surface area is 97.9 Å². The third kappa shape index (κ3) is 3.51. The van der Waals surface area contributed by atoms with Crippen molar-refractivity contribution in [2.24, 2.45) is 0 Å². The van der Waals surface area contributed by atoms with E-state index in [1.165, 1.54) is 5.56 Å². The van der Waals surface area contributed by atoms with Crippen molar-refractivity contribution < 1.29 is 5.11 Å². The first-order valence-electron chi connectivity index (χ1n) is 5.91. The number of rotatable bonds is 6. The number of aliphatic hydroxyl groups excluding tert-OH is 1. The van der Waals surface area contributed by atoms with Gasteiger partial charge in [0.1, 0.15) is 0 Å². The second-order valence-corrected chi connectivity index (χ2v) is 3.97. The molecule has 0 aliphatic carbocycles. The van der Waals surface area contributed by atoms with Crippen LogP contribution in [-0.2, 0) is 13.0 Å². The summed E-state index contributed by atoms with van der Waals surface area (Å²) in [6.07, 6.45) is 0.971. The van der Waals surface area contributed by atoms with Crippen LogP contribution < -0.4 is 5.73 Å². The number of aliphatic hydroxyl groups is 1. The van der Waals surface area contributed by atoms with E-state index in [-0.39, 0.29) is 6.61 Å². The molecular formula is C13H22N2O. The Morgan fingerprint density at radius 3 is 2.44 bits per heavy atom. The van der Waals surface area contributed by atoms with Gasteiger partial charge in [0, 0.05) is 12.2 Å². The van der Waals surface area contributed by atoms with E-state index in [1.807, 2.05) is 18.2 Å². The second-order valence-electron chi connectivity index (χ2n) is 3.97. The van der Waals surface area contributed by atoms with Gasteiger partial charge in [-0.05, 0) is 36.7 Å². The zero-order chi connectivity index (χ0) is 12.0. The van der Waals surface area contributed by atoms with Gasteiger partial charge in [-0.1, -0.05) is 26.0 Å². The van der Waals surface area contributed by atoms with Crippen molar-refractivity contribution in [2.45, 2.75) is 26.9 Å². The van der Waals surface area contributed by atoms with E-state index >= 15 is 0 Å². The molecule has 1 rings (SSSR count). The highest BCUT2D eigenvalue weighted by Gasteiger charge is 2.03. The van der Waals surface area contributed by atoms with Crippen molar-refractivity contribution in [2.75, 3.05) is 25.4 Å². The molecule has 0 spiro atoms. The molecule has 0 unspecified atom stereocenters. The van der Waals surface area contributed by atoms with E-state index in [9.17, 15) is 0 Å². The number of anilines is 1. The standard InChI is InChI=1S/C13H22N2O/c1-3-15(4-2)8-7-12-6-5-11(10-16)9-13(12)14/h5-6,9,16H,3-4,7-8,10,14H2,1-2H3. The van der Waals surface area contributed by atoms with Crippen molar-refractivity contribution in [3.63, 3.8) is 0 Å². The Balaban J connectivity index is 2.60. The van der Waals surface area contributed by atoms with Gasteiger partial charge in [0.2, 0.25) is 0 Å². The molecule has 0 aromatic heterocycles. The third-order valence-electron chi connectivity index (χ3n) is 2.98. The molecule has 0 fully saturated rings. The van der Waals surface area contributed by atoms with E-state index in [4.69, 9.17) is 10.8 Å². The lowest BCUT2D eigenvalue weighted by Gasteiger charge is -2.18. The number of nitrogens with zero attached hydrogens (tertiary/aromatic N) is 1. The molecule has 3 N–H and O–H groups in total. The quantitative estimate of drug-likeness (QED) is 0.719. The topological polar surface area (TPSA) is 49.5 Å². The zero-order valence-corrected chi connectivity index (χ0v) is 10.2. The molecule has 1 aromatic rings. The van der Waals surface area contributed by atoms with Gasteiger partial charge >= 0.3 is 0 Å². The van der Waals surface area contributed by atoms with Gasteiger partial charge < -0.3 is 15.7 Å². The number of nitrogen functional groups attached to an aromatic ring is 1. The van der Waals surface area contributed by atoms with E-state index in [1.54, 1.807) is 0 Å². The summed E-state index contributed by atoms with van der Waals surface area (Å²) in [5.41, 5.74) is 8.78. The van der Waals surface area contributed by atoms with Crippen LogP contribution in [0.5, 0.6) is 0 Å². The smallest absolute Gasteiger partial charge is 0.0682 e. The summed E-state index contributed by atoms with van der Waals surface area (Å²) in [4.78, 5) is 2.37. The van der Waals surface area contributed by atoms with Gasteiger partial charge in [-0.15, -0.1) is 0 Å². The van der Waals surface area contributed by atoms with Gasteiger partial charge in [-0.3, -0.25) is 0 Å². The van der Waals surface area contributed by atoms with Crippen molar-refractivity contribution in [3.8, 4) is 0 Å². The first-order valence-corrected chi connectivity index (χ1v) is 5.91. The Kier molecular flexibility index (Phi) is 5.29. The molecule has 3 nitrogen and oxygen atoms in total. The maximum absolute atomic E-state index is 8.98. The van der Waals surface area contributed by atoms with E-state index in [0.29, 0.717) is 0 Å². The van der Waals surface area contributed by atoms with E-state index in [2.05, 4.69) is 18.7 Å². The molecule has 0 radical (unpaired) electrons. The molecule has 0 saturated carbocycles. The van der Waals surface area contributed by atoms with Gasteiger partial charge in [-0.2, -0.15) is 0 Å². The number of nitrogens with two attached hydrogens (primary N) is 1. The number of hydrogen-bond donors (Lipinski definition) is 2. The molecule has 0 saturated heterocycles. The average molecular weight is 222 g/mol. The molecule has 0 aliphatic rings. The lowest BCUT2D eigenvalue weighted by Crippen LogP contribution is -2.25. The Morgan fingerprint density at radius 2 is 1.94 bits per heavy atom. The highest BCUT2D eigenvalue weighted by atomic mass is 16.3. The van der Waals surface area contributed by atoms with Crippen molar-refractivity contribution in [1.82, 2.24) is 4.90 Å². The monoisotopic (exact) mass is 222 g/mol. The first-order chi connectivity index (χ1) is 7.71. The van der Waals surface area contributed by atoms with Crippen LogP contribution >= 0.6 is 0 Å². The number of benzene rings is 1. The minimum atomic E-state index is 0.0561. The summed E-state index contributed by atoms with van der Waals surface area (Å²) < 4.78 is 0. The summed E-state index contributed by atoms with van der Waals surface area (Å²) in [6.45, 7) is 7.58. The fourth-order valence-corrected chi connectivity index (χ4v) is 1.79. The molecule has 90 valence electrons. The van der Waals surface area contributed by atoms with Crippen LogP contribution in [0.4, 0.5) is 5.69 Å². The van der Waals surface area contributed by atoms with Crippen LogP contribution in [0.1, 0.15) is 25.0 Å². The molecule has 0 heterocycles. The average Bonchev–Trinajstić information content (AvgIpc) is 2.32. The summed E-state index contributed by atoms with van der Waals surface area (Å²) in [7, 11) is 0. The van der Waals surface area contributed by atoms with Crippen LogP contribution in [0.2, 0.25) is 0 Å². The van der Waals surface area contributed by atoms with Crippen molar-refractivity contribution in [1.29, 1.82) is 0 Å². The third-order valence-corrected chi connectivity index (χ3v) is 2.98. The van der Waals surface area contributed by atoms with E-state index in [0.717, 1.165) is 37.3 Å². The van der Waals surface area contributed by atoms with Crippen molar-refractivity contribution >= 4 is 5.69 Å². The Morgan fingerprint density at radius 1 is 1.25 bits per heavy atom. The second kappa shape index (κ2) is 6.51. The summed E-state index contributed by atoms with van der Waals surface area (Å²) in [5.74, 6) is 0. The van der Waals surface area contributed by atoms with Gasteiger partial charge in [0.25, 0.3) is 0 Å². The van der Waals surface area contributed by atoms with Crippen LogP contribution in [-0.4, -0.2) is 29.6 Å². The highest BCUT2D eigenvalue weighted by Crippen LogP contribution is 2.15. The van der Waals surface area contributed by atoms with Crippen molar-refractivity contribution in [3.05, 3.63) is 29.3 Å². The lowest BCUT2D eigenvalue weighted by atomic mass is 10.1. The molecular weight excluding hydrogens is 200 g/mol. The molecule has 1 aromatic carbocycles. The normalized spacial score (nSPS) is 11.0. The predicted molar refractivity (Wildman–Crippen MR) is 68.3 cm³/mol. The van der Waals surface area contributed by atoms with Crippen LogP contribution in [0.3, 0.4) is 0 Å².